The molecule has 0 aromatic carbocycles. The molecule has 0 aliphatic rings. The van der Waals surface area contributed by atoms with Crippen molar-refractivity contribution < 1.29 is 0 Å². The molecule has 0 amide bonds. The van der Waals surface area contributed by atoms with E-state index in [4.69, 9.17) is 11.6 Å². The smallest absolute Gasteiger partial charge is 0.251 e. The molecule has 0 atom stereocenters. The zero-order valence-corrected chi connectivity index (χ0v) is 8.71. The highest BCUT2D eigenvalue weighted by molar-refractivity contribution is 7.99. The van der Waals surface area contributed by atoms with Crippen LogP contribution in [0.5, 0.6) is 0 Å². The van der Waals surface area contributed by atoms with Crippen molar-refractivity contribution in [1.82, 2.24) is 9.97 Å². The second kappa shape index (κ2) is 4.48. The van der Waals surface area contributed by atoms with Crippen LogP contribution in [-0.2, 0) is 0 Å². The Balaban J connectivity index is 2.77. The maximum Gasteiger partial charge on any atom is 0.251 e. The van der Waals surface area contributed by atoms with Gasteiger partial charge in [0.2, 0.25) is 0 Å². The summed E-state index contributed by atoms with van der Waals surface area (Å²) < 4.78 is 0. The molecule has 3 nitrogen and oxygen atoms in total. The third-order valence-electron chi connectivity index (χ3n) is 1.21. The molecule has 1 aromatic rings. The molecule has 70 valence electrons. The van der Waals surface area contributed by atoms with Crippen molar-refractivity contribution in [2.75, 3.05) is 5.75 Å². The summed E-state index contributed by atoms with van der Waals surface area (Å²) in [6, 6.07) is 1.44. The molecule has 1 N–H and O–H groups in total. The van der Waals surface area contributed by atoms with E-state index in [-0.39, 0.29) is 5.56 Å². The highest BCUT2D eigenvalue weighted by Crippen LogP contribution is 2.15. The van der Waals surface area contributed by atoms with E-state index >= 15 is 0 Å². The van der Waals surface area contributed by atoms with Gasteiger partial charge < -0.3 is 4.98 Å². The van der Waals surface area contributed by atoms with E-state index in [1.165, 1.54) is 17.8 Å². The molecule has 0 aliphatic heterocycles. The van der Waals surface area contributed by atoms with Crippen LogP contribution in [0.2, 0.25) is 0 Å². The normalized spacial score (nSPS) is 10.0. The number of H-pyrrole nitrogens is 1. The first-order chi connectivity index (χ1) is 6.08. The monoisotopic (exact) mass is 216 g/mol. The molecule has 13 heavy (non-hydrogen) atoms. The van der Waals surface area contributed by atoms with E-state index in [0.29, 0.717) is 21.6 Å². The Morgan fingerprint density at radius 2 is 2.54 bits per heavy atom. The van der Waals surface area contributed by atoms with E-state index in [2.05, 4.69) is 16.5 Å². The average Bonchev–Trinajstić information content (AvgIpc) is 1.99. The Morgan fingerprint density at radius 3 is 3.08 bits per heavy atom. The zero-order valence-electron chi connectivity index (χ0n) is 7.13. The second-order valence-electron chi connectivity index (χ2n) is 2.50. The molecule has 1 aromatic heterocycles. The SMILES string of the molecule is C=C(Cl)CSc1nc(C)cc(=O)[nH]1. The maximum absolute atomic E-state index is 11.0. The lowest BCUT2D eigenvalue weighted by Gasteiger charge is -1.99. The van der Waals surface area contributed by atoms with Gasteiger partial charge in [-0.2, -0.15) is 0 Å². The highest BCUT2D eigenvalue weighted by atomic mass is 35.5. The molecule has 0 fully saturated rings. The maximum atomic E-state index is 11.0. The zero-order chi connectivity index (χ0) is 9.84. The first-order valence-electron chi connectivity index (χ1n) is 3.62. The number of hydrogen-bond donors (Lipinski definition) is 1. The molecular weight excluding hydrogens is 208 g/mol. The largest absolute Gasteiger partial charge is 0.301 e. The van der Waals surface area contributed by atoms with Gasteiger partial charge in [0, 0.05) is 22.5 Å². The topological polar surface area (TPSA) is 45.8 Å². The molecule has 0 saturated carbocycles. The number of aryl methyl sites for hydroxylation is 1. The van der Waals surface area contributed by atoms with E-state index < -0.39 is 0 Å². The Kier molecular flexibility index (Phi) is 3.57. The molecule has 5 heteroatoms. The van der Waals surface area contributed by atoms with Crippen molar-refractivity contribution in [1.29, 1.82) is 0 Å². The van der Waals surface area contributed by atoms with Crippen LogP contribution in [0, 0.1) is 6.92 Å². The van der Waals surface area contributed by atoms with Gasteiger partial charge in [-0.15, -0.1) is 0 Å². The minimum Gasteiger partial charge on any atom is -0.301 e. The summed E-state index contributed by atoms with van der Waals surface area (Å²) in [7, 11) is 0. The third kappa shape index (κ3) is 3.65. The number of rotatable bonds is 3. The summed E-state index contributed by atoms with van der Waals surface area (Å²) in [5, 5.41) is 1.11. The summed E-state index contributed by atoms with van der Waals surface area (Å²) in [6.07, 6.45) is 0. The lowest BCUT2D eigenvalue weighted by molar-refractivity contribution is 0.906. The fraction of sp³-hybridized carbons (Fsp3) is 0.250. The molecule has 1 heterocycles. The van der Waals surface area contributed by atoms with Gasteiger partial charge >= 0.3 is 0 Å². The molecule has 0 spiro atoms. The predicted molar refractivity (Wildman–Crippen MR) is 55.3 cm³/mol. The second-order valence-corrected chi connectivity index (χ2v) is 4.00. The van der Waals surface area contributed by atoms with Crippen LogP contribution in [0.15, 0.2) is 27.6 Å². The lowest BCUT2D eigenvalue weighted by atomic mass is 10.5. The van der Waals surface area contributed by atoms with Crippen LogP contribution in [0.3, 0.4) is 0 Å². The van der Waals surface area contributed by atoms with Crippen LogP contribution in [-0.4, -0.2) is 15.7 Å². The van der Waals surface area contributed by atoms with Gasteiger partial charge in [-0.05, 0) is 6.92 Å². The van der Waals surface area contributed by atoms with Gasteiger partial charge in [0.25, 0.3) is 5.56 Å². The van der Waals surface area contributed by atoms with Gasteiger partial charge in [-0.3, -0.25) is 4.79 Å². The number of aromatic amines is 1. The van der Waals surface area contributed by atoms with Crippen molar-refractivity contribution in [3.63, 3.8) is 0 Å². The summed E-state index contributed by atoms with van der Waals surface area (Å²) in [6.45, 7) is 5.31. The van der Waals surface area contributed by atoms with Crippen molar-refractivity contribution in [2.24, 2.45) is 0 Å². The average molecular weight is 217 g/mol. The number of nitrogens with zero attached hydrogens (tertiary/aromatic N) is 1. The Labute approximate surface area is 85.2 Å². The van der Waals surface area contributed by atoms with Crippen LogP contribution in [0.25, 0.3) is 0 Å². The molecule has 1 rings (SSSR count). The fourth-order valence-electron chi connectivity index (χ4n) is 0.767. The molecular formula is C8H9ClN2OS. The highest BCUT2D eigenvalue weighted by Gasteiger charge is 1.99. The van der Waals surface area contributed by atoms with Crippen LogP contribution in [0.1, 0.15) is 5.69 Å². The van der Waals surface area contributed by atoms with Crippen LogP contribution >= 0.6 is 23.4 Å². The minimum absolute atomic E-state index is 0.143. The van der Waals surface area contributed by atoms with E-state index in [1.807, 2.05) is 0 Å². The third-order valence-corrected chi connectivity index (χ3v) is 2.47. The van der Waals surface area contributed by atoms with Crippen LogP contribution < -0.4 is 5.56 Å². The molecule has 0 bridgehead atoms. The minimum atomic E-state index is -0.143. The van der Waals surface area contributed by atoms with Gasteiger partial charge in [-0.25, -0.2) is 4.98 Å². The Hall–Kier alpha value is -0.740. The summed E-state index contributed by atoms with van der Waals surface area (Å²) >= 11 is 6.93. The summed E-state index contributed by atoms with van der Waals surface area (Å²) in [5.41, 5.74) is 0.557. The first kappa shape index (κ1) is 10.3. The number of hydrogen-bond acceptors (Lipinski definition) is 3. The molecule has 0 aliphatic carbocycles. The van der Waals surface area contributed by atoms with Gasteiger partial charge in [-0.1, -0.05) is 29.9 Å². The standard InChI is InChI=1S/C8H9ClN2OS/c1-5(9)4-13-8-10-6(2)3-7(12)11-8/h3H,1,4H2,2H3,(H,10,11,12). The quantitative estimate of drug-likeness (QED) is 0.620. The van der Waals surface area contributed by atoms with Crippen molar-refractivity contribution in [2.45, 2.75) is 12.1 Å². The van der Waals surface area contributed by atoms with Crippen LogP contribution in [0.4, 0.5) is 0 Å². The number of halogens is 1. The molecule has 0 saturated heterocycles. The predicted octanol–water partition coefficient (Wildman–Crippen LogP) is 1.92. The van der Waals surface area contributed by atoms with E-state index in [9.17, 15) is 4.79 Å². The van der Waals surface area contributed by atoms with Gasteiger partial charge in [0.1, 0.15) is 0 Å². The fourth-order valence-corrected chi connectivity index (χ4v) is 1.60. The summed E-state index contributed by atoms with van der Waals surface area (Å²) in [5.74, 6) is 0.550. The first-order valence-corrected chi connectivity index (χ1v) is 4.98. The van der Waals surface area contributed by atoms with E-state index in [0.717, 1.165) is 0 Å². The summed E-state index contributed by atoms with van der Waals surface area (Å²) in [4.78, 5) is 17.7. The van der Waals surface area contributed by atoms with Crippen molar-refractivity contribution >= 4 is 23.4 Å². The lowest BCUT2D eigenvalue weighted by Crippen LogP contribution is -2.08. The number of thioether (sulfide) groups is 1. The molecule has 0 unspecified atom stereocenters. The van der Waals surface area contributed by atoms with Crippen molar-refractivity contribution in [3.05, 3.63) is 33.7 Å². The molecule has 0 radical (unpaired) electrons. The number of nitrogens with one attached hydrogen (secondary N) is 1. The number of aromatic nitrogens is 2. The Morgan fingerprint density at radius 1 is 1.85 bits per heavy atom. The van der Waals surface area contributed by atoms with Gasteiger partial charge in [0.05, 0.1) is 0 Å². The Bertz CT molecular complexity index is 375. The van der Waals surface area contributed by atoms with Gasteiger partial charge in [0.15, 0.2) is 5.16 Å². The van der Waals surface area contributed by atoms with E-state index in [1.54, 1.807) is 6.92 Å². The van der Waals surface area contributed by atoms with Crippen molar-refractivity contribution in [3.8, 4) is 0 Å².